The zero-order valence-electron chi connectivity index (χ0n) is 9.43. The third-order valence-corrected chi connectivity index (χ3v) is 3.88. The van der Waals surface area contributed by atoms with Gasteiger partial charge in [0.25, 0.3) is 0 Å². The first-order valence-electron chi connectivity index (χ1n) is 6.16. The summed E-state index contributed by atoms with van der Waals surface area (Å²) in [6, 6.07) is 11.2. The molecule has 1 aromatic rings. The summed E-state index contributed by atoms with van der Waals surface area (Å²) < 4.78 is 0. The predicted octanol–water partition coefficient (Wildman–Crippen LogP) is 2.24. The lowest BCUT2D eigenvalue weighted by atomic mass is 9.95. The van der Waals surface area contributed by atoms with Gasteiger partial charge in [-0.2, -0.15) is 0 Å². The fraction of sp³-hybridized carbons (Fsp3) is 0.500. The SMILES string of the molecule is O=C1CCC2CC(Cc3ccccc3)CN12. The van der Waals surface area contributed by atoms with E-state index in [-0.39, 0.29) is 0 Å². The minimum Gasteiger partial charge on any atom is -0.339 e. The summed E-state index contributed by atoms with van der Waals surface area (Å²) in [5.41, 5.74) is 1.40. The summed E-state index contributed by atoms with van der Waals surface area (Å²) in [5.74, 6) is 1.05. The van der Waals surface area contributed by atoms with Crippen LogP contribution in [0.5, 0.6) is 0 Å². The van der Waals surface area contributed by atoms with E-state index in [9.17, 15) is 4.79 Å². The number of nitrogens with zero attached hydrogens (tertiary/aromatic N) is 1. The molecule has 2 saturated heterocycles. The summed E-state index contributed by atoms with van der Waals surface area (Å²) >= 11 is 0. The summed E-state index contributed by atoms with van der Waals surface area (Å²) in [6.45, 7) is 0.985. The molecule has 2 aliphatic heterocycles. The van der Waals surface area contributed by atoms with Crippen LogP contribution in [0, 0.1) is 5.92 Å². The van der Waals surface area contributed by atoms with Gasteiger partial charge >= 0.3 is 0 Å². The molecule has 0 aliphatic carbocycles. The minimum absolute atomic E-state index is 0.376. The Morgan fingerprint density at radius 3 is 2.81 bits per heavy atom. The Balaban J connectivity index is 1.65. The van der Waals surface area contributed by atoms with E-state index in [0.29, 0.717) is 17.9 Å². The zero-order chi connectivity index (χ0) is 11.0. The second-order valence-electron chi connectivity index (χ2n) is 5.03. The van der Waals surface area contributed by atoms with Gasteiger partial charge in [-0.3, -0.25) is 4.79 Å². The Morgan fingerprint density at radius 2 is 2.06 bits per heavy atom. The van der Waals surface area contributed by atoms with Crippen molar-refractivity contribution in [2.45, 2.75) is 31.7 Å². The van der Waals surface area contributed by atoms with Crippen molar-refractivity contribution in [3.63, 3.8) is 0 Å². The normalized spacial score (nSPS) is 28.5. The Kier molecular flexibility index (Phi) is 2.43. The predicted molar refractivity (Wildman–Crippen MR) is 63.0 cm³/mol. The number of fused-ring (bicyclic) bond motifs is 1. The third-order valence-electron chi connectivity index (χ3n) is 3.88. The molecule has 2 nitrogen and oxygen atoms in total. The maximum absolute atomic E-state index is 11.6. The highest BCUT2D eigenvalue weighted by atomic mass is 16.2. The lowest BCUT2D eigenvalue weighted by molar-refractivity contribution is -0.128. The van der Waals surface area contributed by atoms with Crippen LogP contribution in [0.1, 0.15) is 24.8 Å². The first-order chi connectivity index (χ1) is 7.83. The van der Waals surface area contributed by atoms with Crippen molar-refractivity contribution in [1.29, 1.82) is 0 Å². The lowest BCUT2D eigenvalue weighted by Crippen LogP contribution is -2.27. The van der Waals surface area contributed by atoms with Crippen molar-refractivity contribution in [3.8, 4) is 0 Å². The molecule has 0 radical (unpaired) electrons. The number of benzene rings is 1. The van der Waals surface area contributed by atoms with Crippen molar-refractivity contribution < 1.29 is 4.79 Å². The van der Waals surface area contributed by atoms with Gasteiger partial charge in [0.15, 0.2) is 0 Å². The minimum atomic E-state index is 0.376. The number of amides is 1. The van der Waals surface area contributed by atoms with Crippen LogP contribution in [0.2, 0.25) is 0 Å². The van der Waals surface area contributed by atoms with Gasteiger partial charge in [0.2, 0.25) is 5.91 Å². The molecule has 2 heterocycles. The molecule has 16 heavy (non-hydrogen) atoms. The van der Waals surface area contributed by atoms with Crippen molar-refractivity contribution in [2.75, 3.05) is 6.54 Å². The van der Waals surface area contributed by atoms with Crippen LogP contribution in [0.15, 0.2) is 30.3 Å². The highest BCUT2D eigenvalue weighted by Crippen LogP contribution is 2.33. The highest BCUT2D eigenvalue weighted by Gasteiger charge is 2.39. The van der Waals surface area contributed by atoms with Gasteiger partial charge in [0.05, 0.1) is 0 Å². The van der Waals surface area contributed by atoms with Gasteiger partial charge in [0.1, 0.15) is 0 Å². The molecule has 2 heteroatoms. The van der Waals surface area contributed by atoms with Gasteiger partial charge in [-0.1, -0.05) is 30.3 Å². The summed E-state index contributed by atoms with van der Waals surface area (Å²) in [6.07, 6.45) is 4.20. The molecule has 2 atom stereocenters. The van der Waals surface area contributed by atoms with E-state index in [0.717, 1.165) is 25.8 Å². The van der Waals surface area contributed by atoms with E-state index < -0.39 is 0 Å². The van der Waals surface area contributed by atoms with Gasteiger partial charge in [0, 0.05) is 19.0 Å². The molecule has 84 valence electrons. The second-order valence-corrected chi connectivity index (χ2v) is 5.03. The Hall–Kier alpha value is -1.31. The largest absolute Gasteiger partial charge is 0.339 e. The van der Waals surface area contributed by atoms with Crippen molar-refractivity contribution >= 4 is 5.91 Å². The van der Waals surface area contributed by atoms with Crippen LogP contribution in [0.3, 0.4) is 0 Å². The van der Waals surface area contributed by atoms with Crippen LogP contribution in [0.25, 0.3) is 0 Å². The van der Waals surface area contributed by atoms with E-state index in [1.54, 1.807) is 0 Å². The van der Waals surface area contributed by atoms with Gasteiger partial charge in [-0.05, 0) is 30.7 Å². The molecule has 0 N–H and O–H groups in total. The van der Waals surface area contributed by atoms with Gasteiger partial charge in [-0.25, -0.2) is 0 Å². The number of hydrogen-bond acceptors (Lipinski definition) is 1. The van der Waals surface area contributed by atoms with Crippen LogP contribution in [-0.4, -0.2) is 23.4 Å². The van der Waals surface area contributed by atoms with Crippen molar-refractivity contribution in [2.24, 2.45) is 5.92 Å². The number of carbonyl (C=O) groups excluding carboxylic acids is 1. The van der Waals surface area contributed by atoms with Crippen LogP contribution in [-0.2, 0) is 11.2 Å². The number of carbonyl (C=O) groups is 1. The molecule has 0 bridgehead atoms. The molecule has 2 aliphatic rings. The van der Waals surface area contributed by atoms with Crippen LogP contribution >= 0.6 is 0 Å². The average Bonchev–Trinajstić information content (AvgIpc) is 2.83. The molecule has 2 fully saturated rings. The van der Waals surface area contributed by atoms with E-state index in [1.807, 2.05) is 0 Å². The molecular formula is C14H17NO. The molecule has 0 aromatic heterocycles. The fourth-order valence-electron chi connectivity index (χ4n) is 3.12. The molecule has 0 saturated carbocycles. The molecule has 1 aromatic carbocycles. The number of hydrogen-bond donors (Lipinski definition) is 0. The quantitative estimate of drug-likeness (QED) is 0.741. The standard InChI is InChI=1S/C14H17NO/c16-14-7-6-13-9-12(10-15(13)14)8-11-4-2-1-3-5-11/h1-5,12-13H,6-10H2. The number of rotatable bonds is 2. The van der Waals surface area contributed by atoms with Crippen molar-refractivity contribution in [3.05, 3.63) is 35.9 Å². The first kappa shape index (κ1) is 9.88. The van der Waals surface area contributed by atoms with Crippen LogP contribution < -0.4 is 0 Å². The van der Waals surface area contributed by atoms with Crippen LogP contribution in [0.4, 0.5) is 0 Å². The summed E-state index contributed by atoms with van der Waals surface area (Å²) in [4.78, 5) is 13.7. The topological polar surface area (TPSA) is 20.3 Å². The van der Waals surface area contributed by atoms with Crippen molar-refractivity contribution in [1.82, 2.24) is 4.90 Å². The monoisotopic (exact) mass is 215 g/mol. The smallest absolute Gasteiger partial charge is 0.222 e. The van der Waals surface area contributed by atoms with Gasteiger partial charge < -0.3 is 4.90 Å². The summed E-state index contributed by atoms with van der Waals surface area (Å²) in [5, 5.41) is 0. The highest BCUT2D eigenvalue weighted by molar-refractivity contribution is 5.79. The zero-order valence-corrected chi connectivity index (χ0v) is 9.43. The third kappa shape index (κ3) is 1.73. The van der Waals surface area contributed by atoms with E-state index in [2.05, 4.69) is 35.2 Å². The van der Waals surface area contributed by atoms with E-state index >= 15 is 0 Å². The molecular weight excluding hydrogens is 198 g/mol. The van der Waals surface area contributed by atoms with E-state index in [4.69, 9.17) is 0 Å². The molecule has 1 amide bonds. The Labute approximate surface area is 96.3 Å². The average molecular weight is 215 g/mol. The molecule has 2 unspecified atom stereocenters. The maximum Gasteiger partial charge on any atom is 0.222 e. The molecule has 0 spiro atoms. The Morgan fingerprint density at radius 1 is 1.25 bits per heavy atom. The van der Waals surface area contributed by atoms with E-state index in [1.165, 1.54) is 12.0 Å². The lowest BCUT2D eigenvalue weighted by Gasteiger charge is -2.14. The fourth-order valence-corrected chi connectivity index (χ4v) is 3.12. The summed E-state index contributed by atoms with van der Waals surface area (Å²) in [7, 11) is 0. The first-order valence-corrected chi connectivity index (χ1v) is 6.16. The second kappa shape index (κ2) is 3.93. The Bertz CT molecular complexity index is 387. The maximum atomic E-state index is 11.6. The molecule has 3 rings (SSSR count). The van der Waals surface area contributed by atoms with Gasteiger partial charge in [-0.15, -0.1) is 0 Å².